The highest BCUT2D eigenvalue weighted by atomic mass is 16.7. The SMILES string of the molecule is CC(Oc1cccc(C(C)(C)C)c1)C(=O)N1CCC2(CC1)OCCO2. The van der Waals surface area contributed by atoms with Gasteiger partial charge >= 0.3 is 0 Å². The highest BCUT2D eigenvalue weighted by molar-refractivity contribution is 5.81. The predicted molar refractivity (Wildman–Crippen MR) is 95.7 cm³/mol. The molecule has 25 heavy (non-hydrogen) atoms. The standard InChI is InChI=1S/C20H29NO4/c1-15(25-17-7-5-6-16(14-17)19(2,3)4)18(22)21-10-8-20(9-11-21)23-12-13-24-20/h5-7,14-15H,8-13H2,1-4H3. The lowest BCUT2D eigenvalue weighted by Crippen LogP contribution is -2.50. The Hall–Kier alpha value is -1.59. The summed E-state index contributed by atoms with van der Waals surface area (Å²) >= 11 is 0. The number of nitrogens with zero attached hydrogens (tertiary/aromatic N) is 1. The Labute approximate surface area is 150 Å². The molecule has 0 radical (unpaired) electrons. The molecule has 2 fully saturated rings. The molecular formula is C20H29NO4. The van der Waals surface area contributed by atoms with Crippen molar-refractivity contribution in [2.24, 2.45) is 0 Å². The van der Waals surface area contributed by atoms with E-state index in [1.807, 2.05) is 30.0 Å². The molecule has 0 saturated carbocycles. The summed E-state index contributed by atoms with van der Waals surface area (Å²) in [6.45, 7) is 10.9. The van der Waals surface area contributed by atoms with Crippen molar-refractivity contribution in [2.75, 3.05) is 26.3 Å². The van der Waals surface area contributed by atoms with Gasteiger partial charge in [-0.1, -0.05) is 32.9 Å². The third-order valence-corrected chi connectivity index (χ3v) is 5.01. The van der Waals surface area contributed by atoms with E-state index >= 15 is 0 Å². The van der Waals surface area contributed by atoms with Crippen LogP contribution < -0.4 is 4.74 Å². The van der Waals surface area contributed by atoms with Crippen LogP contribution in [0.3, 0.4) is 0 Å². The van der Waals surface area contributed by atoms with Crippen LogP contribution in [0.25, 0.3) is 0 Å². The first kappa shape index (κ1) is 18.2. The second-order valence-electron chi connectivity index (χ2n) is 7.97. The van der Waals surface area contributed by atoms with Crippen molar-refractivity contribution in [1.82, 2.24) is 4.90 Å². The summed E-state index contributed by atoms with van der Waals surface area (Å²) in [5.41, 5.74) is 1.25. The summed E-state index contributed by atoms with van der Waals surface area (Å²) in [7, 11) is 0. The fourth-order valence-electron chi connectivity index (χ4n) is 3.40. The maximum absolute atomic E-state index is 12.7. The Morgan fingerprint density at radius 3 is 2.44 bits per heavy atom. The molecule has 2 saturated heterocycles. The molecule has 138 valence electrons. The molecular weight excluding hydrogens is 318 g/mol. The molecule has 0 aromatic heterocycles. The van der Waals surface area contributed by atoms with Crippen molar-refractivity contribution in [3.63, 3.8) is 0 Å². The van der Waals surface area contributed by atoms with E-state index in [2.05, 4.69) is 26.8 Å². The monoisotopic (exact) mass is 347 g/mol. The van der Waals surface area contributed by atoms with Crippen molar-refractivity contribution in [1.29, 1.82) is 0 Å². The first-order valence-corrected chi connectivity index (χ1v) is 9.13. The number of rotatable bonds is 3. The van der Waals surface area contributed by atoms with Gasteiger partial charge in [-0.05, 0) is 30.0 Å². The largest absolute Gasteiger partial charge is 0.481 e. The second-order valence-corrected chi connectivity index (χ2v) is 7.97. The number of carbonyl (C=O) groups excluding carboxylic acids is 1. The molecule has 5 nitrogen and oxygen atoms in total. The molecule has 2 heterocycles. The van der Waals surface area contributed by atoms with E-state index in [1.165, 1.54) is 5.56 Å². The predicted octanol–water partition coefficient (Wildman–Crippen LogP) is 3.12. The highest BCUT2D eigenvalue weighted by Crippen LogP contribution is 2.32. The Kier molecular flexibility index (Phi) is 5.07. The highest BCUT2D eigenvalue weighted by Gasteiger charge is 2.41. The zero-order valence-electron chi connectivity index (χ0n) is 15.7. The number of hydrogen-bond acceptors (Lipinski definition) is 4. The zero-order valence-corrected chi connectivity index (χ0v) is 15.7. The number of amides is 1. The third-order valence-electron chi connectivity index (χ3n) is 5.01. The summed E-state index contributed by atoms with van der Waals surface area (Å²) < 4.78 is 17.4. The summed E-state index contributed by atoms with van der Waals surface area (Å²) in [6.07, 6.45) is 0.949. The number of piperidine rings is 1. The van der Waals surface area contributed by atoms with Gasteiger partial charge in [-0.2, -0.15) is 0 Å². The van der Waals surface area contributed by atoms with E-state index in [-0.39, 0.29) is 11.3 Å². The van der Waals surface area contributed by atoms with Crippen molar-refractivity contribution >= 4 is 5.91 Å². The fraction of sp³-hybridized carbons (Fsp3) is 0.650. The van der Waals surface area contributed by atoms with E-state index in [1.54, 1.807) is 0 Å². The van der Waals surface area contributed by atoms with E-state index in [4.69, 9.17) is 14.2 Å². The van der Waals surface area contributed by atoms with Crippen LogP contribution in [0.15, 0.2) is 24.3 Å². The summed E-state index contributed by atoms with van der Waals surface area (Å²) in [5, 5.41) is 0. The fourth-order valence-corrected chi connectivity index (χ4v) is 3.40. The van der Waals surface area contributed by atoms with Crippen LogP contribution in [-0.4, -0.2) is 49.0 Å². The van der Waals surface area contributed by atoms with Gasteiger partial charge in [0.15, 0.2) is 11.9 Å². The number of likely N-dealkylation sites (tertiary alicyclic amines) is 1. The van der Waals surface area contributed by atoms with Crippen LogP contribution in [0, 0.1) is 0 Å². The number of carbonyl (C=O) groups is 1. The van der Waals surface area contributed by atoms with Crippen LogP contribution in [-0.2, 0) is 19.7 Å². The molecule has 1 aromatic carbocycles. The Bertz CT molecular complexity index is 606. The Morgan fingerprint density at radius 1 is 1.20 bits per heavy atom. The summed E-state index contributed by atoms with van der Waals surface area (Å²) in [5.74, 6) is 0.306. The van der Waals surface area contributed by atoms with Gasteiger partial charge in [0.05, 0.1) is 13.2 Å². The molecule has 0 N–H and O–H groups in total. The molecule has 1 atom stereocenters. The first-order chi connectivity index (χ1) is 11.8. The van der Waals surface area contributed by atoms with Gasteiger partial charge in [-0.15, -0.1) is 0 Å². The number of hydrogen-bond donors (Lipinski definition) is 0. The van der Waals surface area contributed by atoms with Crippen LogP contribution in [0.5, 0.6) is 5.75 Å². The van der Waals surface area contributed by atoms with Crippen molar-refractivity contribution in [2.45, 2.75) is 57.8 Å². The minimum atomic E-state index is -0.505. The average molecular weight is 347 g/mol. The number of ether oxygens (including phenoxy) is 3. The van der Waals surface area contributed by atoms with E-state index in [0.717, 1.165) is 18.6 Å². The lowest BCUT2D eigenvalue weighted by molar-refractivity contribution is -0.188. The Morgan fingerprint density at radius 2 is 1.84 bits per heavy atom. The van der Waals surface area contributed by atoms with Gasteiger partial charge in [-0.25, -0.2) is 0 Å². The van der Waals surface area contributed by atoms with Crippen molar-refractivity contribution in [3.05, 3.63) is 29.8 Å². The average Bonchev–Trinajstić information content (AvgIpc) is 3.02. The van der Waals surface area contributed by atoms with Crippen LogP contribution in [0.1, 0.15) is 46.1 Å². The van der Waals surface area contributed by atoms with Gasteiger partial charge in [0, 0.05) is 25.9 Å². The van der Waals surface area contributed by atoms with Crippen LogP contribution in [0.4, 0.5) is 0 Å². The quantitative estimate of drug-likeness (QED) is 0.843. The van der Waals surface area contributed by atoms with Gasteiger partial charge < -0.3 is 19.1 Å². The Balaban J connectivity index is 1.58. The van der Waals surface area contributed by atoms with Crippen molar-refractivity contribution < 1.29 is 19.0 Å². The molecule has 5 heteroatoms. The molecule has 2 aliphatic heterocycles. The molecule has 3 rings (SSSR count). The topological polar surface area (TPSA) is 48.0 Å². The molecule has 1 unspecified atom stereocenters. The maximum Gasteiger partial charge on any atom is 0.263 e. The first-order valence-electron chi connectivity index (χ1n) is 9.13. The van der Waals surface area contributed by atoms with Gasteiger partial charge in [-0.3, -0.25) is 4.79 Å². The summed E-state index contributed by atoms with van der Waals surface area (Å²) in [6, 6.07) is 8.00. The molecule has 0 bridgehead atoms. The zero-order chi connectivity index (χ0) is 18.1. The minimum Gasteiger partial charge on any atom is -0.481 e. The number of benzene rings is 1. The molecule has 0 aliphatic carbocycles. The summed E-state index contributed by atoms with van der Waals surface area (Å²) in [4.78, 5) is 14.6. The normalized spacial score (nSPS) is 21.4. The van der Waals surface area contributed by atoms with Gasteiger partial charge in [0.25, 0.3) is 5.91 Å². The second kappa shape index (κ2) is 6.96. The van der Waals surface area contributed by atoms with Gasteiger partial charge in [0.1, 0.15) is 5.75 Å². The maximum atomic E-state index is 12.7. The van der Waals surface area contributed by atoms with Crippen LogP contribution >= 0.6 is 0 Å². The molecule has 1 aromatic rings. The lowest BCUT2D eigenvalue weighted by atomic mass is 9.87. The third kappa shape index (κ3) is 4.15. The van der Waals surface area contributed by atoms with E-state index in [0.29, 0.717) is 26.3 Å². The minimum absolute atomic E-state index is 0.0222. The van der Waals surface area contributed by atoms with Gasteiger partial charge in [0.2, 0.25) is 0 Å². The van der Waals surface area contributed by atoms with Crippen LogP contribution in [0.2, 0.25) is 0 Å². The van der Waals surface area contributed by atoms with E-state index in [9.17, 15) is 4.79 Å². The lowest BCUT2D eigenvalue weighted by Gasteiger charge is -2.38. The van der Waals surface area contributed by atoms with E-state index < -0.39 is 11.9 Å². The molecule has 1 amide bonds. The van der Waals surface area contributed by atoms with Crippen molar-refractivity contribution in [3.8, 4) is 5.75 Å². The molecule has 1 spiro atoms. The molecule has 2 aliphatic rings. The smallest absolute Gasteiger partial charge is 0.263 e.